The zero-order valence-electron chi connectivity index (χ0n) is 13.1. The molecule has 1 aromatic rings. The molecule has 1 aliphatic heterocycles. The lowest BCUT2D eigenvalue weighted by Crippen LogP contribution is -2.25. The molecule has 118 valence electrons. The summed E-state index contributed by atoms with van der Waals surface area (Å²) >= 11 is 0. The van der Waals surface area contributed by atoms with Crippen molar-refractivity contribution in [2.24, 2.45) is 5.92 Å². The van der Waals surface area contributed by atoms with Crippen molar-refractivity contribution in [3.63, 3.8) is 0 Å². The van der Waals surface area contributed by atoms with Crippen LogP contribution in [-0.4, -0.2) is 26.5 Å². The summed E-state index contributed by atoms with van der Waals surface area (Å²) in [6, 6.07) is 9.02. The second-order valence-electron chi connectivity index (χ2n) is 6.11. The lowest BCUT2D eigenvalue weighted by atomic mass is 9.93. The van der Waals surface area contributed by atoms with E-state index in [1.54, 1.807) is 0 Å². The Morgan fingerprint density at radius 1 is 1.24 bits per heavy atom. The molecule has 0 bridgehead atoms. The Labute approximate surface area is 129 Å². The van der Waals surface area contributed by atoms with Gasteiger partial charge in [0.2, 0.25) is 0 Å². The molecule has 2 rings (SSSR count). The molecule has 1 saturated heterocycles. The van der Waals surface area contributed by atoms with Crippen LogP contribution in [0.3, 0.4) is 0 Å². The Hall–Kier alpha value is -0.870. The highest BCUT2D eigenvalue weighted by atomic mass is 32.2. The first-order valence-electron chi connectivity index (χ1n) is 8.06. The minimum atomic E-state index is -2.78. The Bertz CT molecular complexity index is 536. The summed E-state index contributed by atoms with van der Waals surface area (Å²) in [4.78, 5) is 0. The van der Waals surface area contributed by atoms with Gasteiger partial charge in [0.1, 0.15) is 0 Å². The molecule has 1 aliphatic rings. The van der Waals surface area contributed by atoms with E-state index in [0.29, 0.717) is 17.4 Å². The predicted octanol–water partition coefficient (Wildman–Crippen LogP) is 3.11. The van der Waals surface area contributed by atoms with Crippen LogP contribution in [0.15, 0.2) is 24.3 Å². The first-order chi connectivity index (χ1) is 10.0. The van der Waals surface area contributed by atoms with E-state index in [9.17, 15) is 8.42 Å². The molecule has 2 unspecified atom stereocenters. The van der Waals surface area contributed by atoms with Gasteiger partial charge < -0.3 is 5.32 Å². The molecule has 2 atom stereocenters. The fourth-order valence-corrected chi connectivity index (χ4v) is 4.91. The number of hydrogen-bond acceptors (Lipinski definition) is 3. The molecule has 0 spiro atoms. The highest BCUT2D eigenvalue weighted by Gasteiger charge is 2.30. The van der Waals surface area contributed by atoms with Crippen LogP contribution in [0.4, 0.5) is 0 Å². The largest absolute Gasteiger partial charge is 0.310 e. The molecule has 1 heterocycles. The molecule has 21 heavy (non-hydrogen) atoms. The summed E-state index contributed by atoms with van der Waals surface area (Å²) in [5.74, 6) is 1.03. The lowest BCUT2D eigenvalue weighted by molar-refractivity contribution is 0.415. The van der Waals surface area contributed by atoms with E-state index < -0.39 is 9.84 Å². The van der Waals surface area contributed by atoms with Crippen molar-refractivity contribution >= 4 is 9.84 Å². The quantitative estimate of drug-likeness (QED) is 0.842. The second-order valence-corrected chi connectivity index (χ2v) is 8.34. The molecule has 1 fully saturated rings. The molecule has 4 heteroatoms. The molecule has 0 saturated carbocycles. The van der Waals surface area contributed by atoms with Crippen molar-refractivity contribution in [2.45, 2.75) is 45.6 Å². The van der Waals surface area contributed by atoms with Gasteiger partial charge in [-0.1, -0.05) is 38.1 Å². The fourth-order valence-electron chi connectivity index (χ4n) is 3.03. The predicted molar refractivity (Wildman–Crippen MR) is 88.2 cm³/mol. The number of rotatable bonds is 7. The first kappa shape index (κ1) is 16.5. The normalized spacial score (nSPS) is 22.3. The van der Waals surface area contributed by atoms with Crippen molar-refractivity contribution in [1.82, 2.24) is 5.32 Å². The summed E-state index contributed by atoms with van der Waals surface area (Å²) in [6.45, 7) is 5.29. The van der Waals surface area contributed by atoms with Crippen molar-refractivity contribution in [1.29, 1.82) is 0 Å². The molecule has 1 N–H and O–H groups in total. The van der Waals surface area contributed by atoms with Crippen LogP contribution in [0.1, 0.15) is 50.3 Å². The van der Waals surface area contributed by atoms with Gasteiger partial charge in [-0.2, -0.15) is 0 Å². The van der Waals surface area contributed by atoms with Gasteiger partial charge in [0.05, 0.1) is 11.5 Å². The van der Waals surface area contributed by atoms with Crippen molar-refractivity contribution in [3.8, 4) is 0 Å². The van der Waals surface area contributed by atoms with Crippen LogP contribution in [0.5, 0.6) is 0 Å². The Balaban J connectivity index is 2.06. The van der Waals surface area contributed by atoms with E-state index in [4.69, 9.17) is 0 Å². The summed E-state index contributed by atoms with van der Waals surface area (Å²) in [5, 5.41) is 3.58. The Kier molecular flexibility index (Phi) is 5.82. The molecule has 0 radical (unpaired) electrons. The monoisotopic (exact) mass is 309 g/mol. The third-order valence-electron chi connectivity index (χ3n) is 4.33. The number of benzene rings is 1. The average molecular weight is 309 g/mol. The van der Waals surface area contributed by atoms with E-state index in [0.717, 1.165) is 32.2 Å². The summed E-state index contributed by atoms with van der Waals surface area (Å²) in [7, 11) is -2.78. The van der Waals surface area contributed by atoms with Gasteiger partial charge in [0.25, 0.3) is 0 Å². The Morgan fingerprint density at radius 2 is 1.95 bits per heavy atom. The van der Waals surface area contributed by atoms with E-state index in [2.05, 4.69) is 43.4 Å². The Morgan fingerprint density at radius 3 is 2.48 bits per heavy atom. The number of sulfone groups is 1. The zero-order valence-corrected chi connectivity index (χ0v) is 14.0. The minimum Gasteiger partial charge on any atom is -0.310 e. The maximum atomic E-state index is 11.6. The summed E-state index contributed by atoms with van der Waals surface area (Å²) in [5.41, 5.74) is 2.63. The van der Waals surface area contributed by atoms with Crippen LogP contribution in [0.2, 0.25) is 0 Å². The minimum absolute atomic E-state index is 0.272. The molecular weight excluding hydrogens is 282 g/mol. The SMILES string of the molecule is CCCNC(CC1CCS(=O)(=O)C1)c1ccc(CC)cc1. The van der Waals surface area contributed by atoms with Gasteiger partial charge in [-0.15, -0.1) is 0 Å². The van der Waals surface area contributed by atoms with Gasteiger partial charge in [0.15, 0.2) is 9.84 Å². The number of aryl methyl sites for hydroxylation is 1. The zero-order chi connectivity index (χ0) is 15.3. The van der Waals surface area contributed by atoms with Crippen LogP contribution >= 0.6 is 0 Å². The fraction of sp³-hybridized carbons (Fsp3) is 0.647. The molecule has 0 aliphatic carbocycles. The number of hydrogen-bond donors (Lipinski definition) is 1. The van der Waals surface area contributed by atoms with E-state index in [-0.39, 0.29) is 6.04 Å². The van der Waals surface area contributed by atoms with Gasteiger partial charge in [-0.05, 0) is 49.3 Å². The lowest BCUT2D eigenvalue weighted by Gasteiger charge is -2.22. The van der Waals surface area contributed by atoms with Crippen LogP contribution in [0.25, 0.3) is 0 Å². The van der Waals surface area contributed by atoms with Crippen LogP contribution < -0.4 is 5.32 Å². The smallest absolute Gasteiger partial charge is 0.150 e. The molecule has 3 nitrogen and oxygen atoms in total. The van der Waals surface area contributed by atoms with Crippen molar-refractivity contribution < 1.29 is 8.42 Å². The van der Waals surface area contributed by atoms with E-state index in [1.807, 2.05) is 0 Å². The molecular formula is C17H27NO2S. The third-order valence-corrected chi connectivity index (χ3v) is 6.16. The average Bonchev–Trinajstić information content (AvgIpc) is 2.82. The highest BCUT2D eigenvalue weighted by Crippen LogP contribution is 2.29. The second kappa shape index (κ2) is 7.41. The van der Waals surface area contributed by atoms with Gasteiger partial charge >= 0.3 is 0 Å². The molecule has 0 amide bonds. The van der Waals surface area contributed by atoms with E-state index >= 15 is 0 Å². The van der Waals surface area contributed by atoms with Gasteiger partial charge in [0, 0.05) is 6.04 Å². The number of nitrogens with one attached hydrogen (secondary N) is 1. The first-order valence-corrected chi connectivity index (χ1v) is 9.89. The van der Waals surface area contributed by atoms with Crippen LogP contribution in [0, 0.1) is 5.92 Å². The summed E-state index contributed by atoms with van der Waals surface area (Å²) < 4.78 is 23.3. The molecule has 0 aromatic heterocycles. The van der Waals surface area contributed by atoms with E-state index in [1.165, 1.54) is 11.1 Å². The standard InChI is InChI=1S/C17H27NO2S/c1-3-10-18-17(12-15-9-11-21(19,20)13-15)16-7-5-14(4-2)6-8-16/h5-8,15,17-18H,3-4,9-13H2,1-2H3. The summed E-state index contributed by atoms with van der Waals surface area (Å²) in [6.07, 6.45) is 3.88. The molecule has 1 aromatic carbocycles. The topological polar surface area (TPSA) is 46.2 Å². The van der Waals surface area contributed by atoms with Crippen molar-refractivity contribution in [3.05, 3.63) is 35.4 Å². The maximum absolute atomic E-state index is 11.6. The van der Waals surface area contributed by atoms with Gasteiger partial charge in [-0.25, -0.2) is 8.42 Å². The van der Waals surface area contributed by atoms with Crippen LogP contribution in [-0.2, 0) is 16.3 Å². The highest BCUT2D eigenvalue weighted by molar-refractivity contribution is 7.91. The van der Waals surface area contributed by atoms with Crippen molar-refractivity contribution in [2.75, 3.05) is 18.1 Å². The maximum Gasteiger partial charge on any atom is 0.150 e. The third kappa shape index (κ3) is 4.82. The van der Waals surface area contributed by atoms with Gasteiger partial charge in [-0.3, -0.25) is 0 Å².